The normalized spacial score (nSPS) is 10.4. The average Bonchev–Trinajstić information content (AvgIpc) is 2.50. The minimum Gasteiger partial charge on any atom is -0.368 e. The van der Waals surface area contributed by atoms with Crippen LogP contribution in [0, 0.1) is 0 Å². The number of H-pyrrole nitrogens is 1. The van der Waals surface area contributed by atoms with Crippen molar-refractivity contribution in [1.29, 1.82) is 0 Å². The van der Waals surface area contributed by atoms with Crippen LogP contribution in [0.3, 0.4) is 0 Å². The molecule has 0 unspecified atom stereocenters. The minimum atomic E-state index is -0.489. The van der Waals surface area contributed by atoms with E-state index >= 15 is 0 Å². The lowest BCUT2D eigenvalue weighted by Gasteiger charge is -1.95. The van der Waals surface area contributed by atoms with Crippen molar-refractivity contribution in [2.75, 3.05) is 5.73 Å². The number of nitrogen functional groups attached to an aromatic ring is 1. The number of aromatic amines is 1. The number of nitrogens with one attached hydrogen (secondary N) is 1. The largest absolute Gasteiger partial charge is 0.368 e. The van der Waals surface area contributed by atoms with E-state index in [1.165, 1.54) is 11.3 Å². The molecule has 0 aliphatic heterocycles. The first kappa shape index (κ1) is 9.35. The maximum atomic E-state index is 11.0. The number of rotatable bonds is 1. The van der Waals surface area contributed by atoms with Gasteiger partial charge >= 0.3 is 5.69 Å². The molecule has 0 aromatic carbocycles. The molecule has 0 saturated heterocycles. The molecule has 2 aromatic rings. The van der Waals surface area contributed by atoms with Gasteiger partial charge in [-0.1, -0.05) is 0 Å². The molecule has 2 heterocycles. The van der Waals surface area contributed by atoms with Gasteiger partial charge in [-0.2, -0.15) is 9.97 Å². The van der Waals surface area contributed by atoms with Gasteiger partial charge in [0, 0.05) is 0 Å². The van der Waals surface area contributed by atoms with Crippen LogP contribution in [0.15, 0.2) is 20.7 Å². The molecular weight excluding hydrogens is 268 g/mol. The quantitative estimate of drug-likeness (QED) is 0.818. The van der Waals surface area contributed by atoms with E-state index in [0.29, 0.717) is 5.82 Å². The van der Waals surface area contributed by atoms with Crippen LogP contribution in [0.2, 0.25) is 0 Å². The molecule has 0 aliphatic rings. The molecule has 72 valence electrons. The molecular formula is C7H5BrN4OS. The van der Waals surface area contributed by atoms with Crippen molar-refractivity contribution < 1.29 is 0 Å². The fraction of sp³-hybridized carbons (Fsp3) is 0. The maximum absolute atomic E-state index is 11.0. The van der Waals surface area contributed by atoms with Crippen LogP contribution in [0.4, 0.5) is 5.95 Å². The van der Waals surface area contributed by atoms with Gasteiger partial charge in [-0.15, -0.1) is 11.3 Å². The van der Waals surface area contributed by atoms with Gasteiger partial charge in [0.1, 0.15) is 0 Å². The first-order valence-electron chi connectivity index (χ1n) is 3.65. The molecule has 0 amide bonds. The van der Waals surface area contributed by atoms with Crippen molar-refractivity contribution in [3.63, 3.8) is 0 Å². The van der Waals surface area contributed by atoms with Gasteiger partial charge in [0.25, 0.3) is 0 Å². The van der Waals surface area contributed by atoms with E-state index in [1.807, 2.05) is 12.1 Å². The second-order valence-corrected chi connectivity index (χ2v) is 4.93. The molecule has 0 bridgehead atoms. The third-order valence-corrected chi connectivity index (χ3v) is 3.10. The molecule has 14 heavy (non-hydrogen) atoms. The van der Waals surface area contributed by atoms with E-state index in [2.05, 4.69) is 30.9 Å². The second kappa shape index (κ2) is 3.50. The highest BCUT2D eigenvalue weighted by Crippen LogP contribution is 2.28. The van der Waals surface area contributed by atoms with Crippen molar-refractivity contribution in [2.45, 2.75) is 0 Å². The number of nitrogens with zero attached hydrogens (tertiary/aromatic N) is 2. The van der Waals surface area contributed by atoms with E-state index in [-0.39, 0.29) is 5.95 Å². The van der Waals surface area contributed by atoms with Gasteiger partial charge in [0.05, 0.1) is 8.66 Å². The van der Waals surface area contributed by atoms with E-state index in [0.717, 1.165) is 8.66 Å². The highest BCUT2D eigenvalue weighted by atomic mass is 79.9. The van der Waals surface area contributed by atoms with Crippen LogP contribution in [0.1, 0.15) is 0 Å². The molecule has 2 rings (SSSR count). The van der Waals surface area contributed by atoms with Crippen molar-refractivity contribution in [2.24, 2.45) is 0 Å². The number of halogens is 1. The summed E-state index contributed by atoms with van der Waals surface area (Å²) in [6.07, 6.45) is 0. The molecule has 0 fully saturated rings. The third kappa shape index (κ3) is 1.83. The van der Waals surface area contributed by atoms with Crippen molar-refractivity contribution in [1.82, 2.24) is 15.0 Å². The van der Waals surface area contributed by atoms with Crippen LogP contribution in [-0.4, -0.2) is 15.0 Å². The summed E-state index contributed by atoms with van der Waals surface area (Å²) < 4.78 is 0.963. The van der Waals surface area contributed by atoms with Crippen LogP contribution in [0.5, 0.6) is 0 Å². The molecule has 0 atom stereocenters. The standard InChI is InChI=1S/C7H5BrN4OS/c8-4-2-1-3(14-4)5-10-6(9)12-7(13)11-5/h1-2H,(H3,9,10,11,12,13). The zero-order valence-corrected chi connectivity index (χ0v) is 9.22. The summed E-state index contributed by atoms with van der Waals surface area (Å²) >= 11 is 4.78. The van der Waals surface area contributed by atoms with Gasteiger partial charge in [-0.05, 0) is 28.1 Å². The van der Waals surface area contributed by atoms with Gasteiger partial charge in [-0.3, -0.25) is 4.98 Å². The Morgan fingerprint density at radius 1 is 1.43 bits per heavy atom. The number of hydrogen-bond donors (Lipinski definition) is 2. The lowest BCUT2D eigenvalue weighted by atomic mass is 10.4. The van der Waals surface area contributed by atoms with Gasteiger partial charge in [0.2, 0.25) is 5.95 Å². The Balaban J connectivity index is 2.56. The predicted octanol–water partition coefficient (Wildman–Crippen LogP) is 1.24. The predicted molar refractivity (Wildman–Crippen MR) is 58.1 cm³/mol. The smallest absolute Gasteiger partial charge is 0.349 e. The summed E-state index contributed by atoms with van der Waals surface area (Å²) in [5, 5.41) is 0. The Morgan fingerprint density at radius 2 is 2.21 bits per heavy atom. The molecule has 0 spiro atoms. The fourth-order valence-corrected chi connectivity index (χ4v) is 2.29. The average molecular weight is 273 g/mol. The molecule has 0 saturated carbocycles. The van der Waals surface area contributed by atoms with Crippen LogP contribution < -0.4 is 11.4 Å². The number of anilines is 1. The molecule has 0 radical (unpaired) electrons. The zero-order chi connectivity index (χ0) is 10.1. The van der Waals surface area contributed by atoms with Crippen LogP contribution in [-0.2, 0) is 0 Å². The van der Waals surface area contributed by atoms with Crippen molar-refractivity contribution >= 4 is 33.2 Å². The van der Waals surface area contributed by atoms with Crippen LogP contribution >= 0.6 is 27.3 Å². The fourth-order valence-electron chi connectivity index (χ4n) is 0.959. The Bertz CT molecular complexity index is 520. The number of aromatic nitrogens is 3. The summed E-state index contributed by atoms with van der Waals surface area (Å²) in [6.45, 7) is 0. The van der Waals surface area contributed by atoms with E-state index in [9.17, 15) is 4.79 Å². The van der Waals surface area contributed by atoms with Crippen molar-refractivity contribution in [3.05, 3.63) is 26.4 Å². The first-order chi connectivity index (χ1) is 6.65. The highest BCUT2D eigenvalue weighted by molar-refractivity contribution is 9.11. The monoisotopic (exact) mass is 272 g/mol. The summed E-state index contributed by atoms with van der Waals surface area (Å²) in [6, 6.07) is 3.71. The molecule has 0 aliphatic carbocycles. The van der Waals surface area contributed by atoms with Gasteiger partial charge in [-0.25, -0.2) is 4.79 Å². The van der Waals surface area contributed by atoms with Gasteiger partial charge < -0.3 is 5.73 Å². The van der Waals surface area contributed by atoms with E-state index < -0.39 is 5.69 Å². The van der Waals surface area contributed by atoms with E-state index in [1.54, 1.807) is 0 Å². The number of hydrogen-bond acceptors (Lipinski definition) is 5. The lowest BCUT2D eigenvalue weighted by Crippen LogP contribution is -2.15. The lowest BCUT2D eigenvalue weighted by molar-refractivity contribution is 1.01. The third-order valence-electron chi connectivity index (χ3n) is 1.47. The minimum absolute atomic E-state index is 0.0201. The summed E-state index contributed by atoms with van der Waals surface area (Å²) in [4.78, 5) is 21.7. The number of nitrogens with two attached hydrogens (primary N) is 1. The maximum Gasteiger partial charge on any atom is 0.349 e. The molecule has 7 heteroatoms. The van der Waals surface area contributed by atoms with Crippen molar-refractivity contribution in [3.8, 4) is 10.7 Å². The Hall–Kier alpha value is -1.21. The Morgan fingerprint density at radius 3 is 2.79 bits per heavy atom. The summed E-state index contributed by atoms with van der Waals surface area (Å²) in [7, 11) is 0. The molecule has 3 N–H and O–H groups in total. The Kier molecular flexibility index (Phi) is 2.34. The van der Waals surface area contributed by atoms with E-state index in [4.69, 9.17) is 5.73 Å². The SMILES string of the molecule is Nc1nc(-c2ccc(Br)s2)[nH]c(=O)n1. The topological polar surface area (TPSA) is 84.7 Å². The highest BCUT2D eigenvalue weighted by Gasteiger charge is 2.05. The summed E-state index contributed by atoms with van der Waals surface area (Å²) in [5.41, 5.74) is 4.87. The molecule has 5 nitrogen and oxygen atoms in total. The second-order valence-electron chi connectivity index (χ2n) is 2.46. The first-order valence-corrected chi connectivity index (χ1v) is 5.25. The van der Waals surface area contributed by atoms with Crippen LogP contribution in [0.25, 0.3) is 10.7 Å². The number of thiophene rings is 1. The Labute approximate surface area is 91.2 Å². The van der Waals surface area contributed by atoms with Gasteiger partial charge in [0.15, 0.2) is 5.82 Å². The molecule has 2 aromatic heterocycles. The zero-order valence-electron chi connectivity index (χ0n) is 6.82. The summed E-state index contributed by atoms with van der Waals surface area (Å²) in [5.74, 6) is 0.423.